The highest BCUT2D eigenvalue weighted by Crippen LogP contribution is 2.28. The Labute approximate surface area is 156 Å². The zero-order valence-corrected chi connectivity index (χ0v) is 15.7. The summed E-state index contributed by atoms with van der Waals surface area (Å²) >= 11 is 6.28. The van der Waals surface area contributed by atoms with Gasteiger partial charge in [0.1, 0.15) is 10.1 Å². The molecule has 1 N–H and O–H groups in total. The third-order valence-electron chi connectivity index (χ3n) is 3.33. The predicted octanol–water partition coefficient (Wildman–Crippen LogP) is 3.45. The number of carbonyl (C=O) groups is 2. The van der Waals surface area contributed by atoms with E-state index in [4.69, 9.17) is 17.0 Å². The Hall–Kier alpha value is -2.12. The van der Waals surface area contributed by atoms with Gasteiger partial charge in [-0.25, -0.2) is 4.79 Å². The highest BCUT2D eigenvalue weighted by atomic mass is 32.2. The van der Waals surface area contributed by atoms with Crippen molar-refractivity contribution >= 4 is 46.3 Å². The molecule has 1 aromatic carbocycles. The highest BCUT2D eigenvalue weighted by molar-refractivity contribution is 8.26. The van der Waals surface area contributed by atoms with Gasteiger partial charge in [-0.3, -0.25) is 4.79 Å². The van der Waals surface area contributed by atoms with Gasteiger partial charge in [0.05, 0.1) is 12.0 Å². The number of rotatable bonds is 7. The summed E-state index contributed by atoms with van der Waals surface area (Å²) in [5.41, 5.74) is 1.82. The molecule has 1 amide bonds. The van der Waals surface area contributed by atoms with Crippen LogP contribution >= 0.6 is 24.0 Å². The summed E-state index contributed by atoms with van der Waals surface area (Å²) in [6.07, 6.45) is 5.53. The average Bonchev–Trinajstić information content (AvgIpc) is 2.91. The summed E-state index contributed by atoms with van der Waals surface area (Å²) in [5, 5.41) is 2.61. The number of para-hydroxylation sites is 1. The average molecular weight is 377 g/mol. The Balaban J connectivity index is 2.28. The lowest BCUT2D eigenvalue weighted by atomic mass is 10.1. The summed E-state index contributed by atoms with van der Waals surface area (Å²) in [6.45, 7) is 1.91. The molecule has 1 aromatic rings. The minimum atomic E-state index is -0.442. The van der Waals surface area contributed by atoms with E-state index in [2.05, 4.69) is 17.0 Å². The molecule has 0 unspecified atom stereocenters. The van der Waals surface area contributed by atoms with Gasteiger partial charge in [-0.2, -0.15) is 0 Å². The molecule has 25 heavy (non-hydrogen) atoms. The molecule has 1 fully saturated rings. The number of nitrogens with one attached hydrogen (secondary N) is 1. The molecule has 0 aliphatic carbocycles. The molecule has 0 atom stereocenters. The molecule has 0 saturated carbocycles. The molecule has 0 aromatic heterocycles. The number of thiocarbonyl (C=S) groups is 1. The topological polar surface area (TPSA) is 64.6 Å². The van der Waals surface area contributed by atoms with Crippen LogP contribution in [0.5, 0.6) is 5.75 Å². The number of hydrogen-bond donors (Lipinski definition) is 1. The van der Waals surface area contributed by atoms with E-state index in [1.807, 2.05) is 30.4 Å². The molecule has 132 valence electrons. The second kappa shape index (κ2) is 9.39. The lowest BCUT2D eigenvalue weighted by Gasteiger charge is -2.09. The van der Waals surface area contributed by atoms with Crippen molar-refractivity contribution in [2.45, 2.75) is 19.8 Å². The number of esters is 1. The van der Waals surface area contributed by atoms with Crippen LogP contribution in [0.3, 0.4) is 0 Å². The molecule has 2 rings (SSSR count). The van der Waals surface area contributed by atoms with Gasteiger partial charge in [-0.15, -0.1) is 0 Å². The van der Waals surface area contributed by atoms with E-state index in [1.54, 1.807) is 6.07 Å². The second-order valence-electron chi connectivity index (χ2n) is 5.22. The molecule has 0 spiro atoms. The SMILES string of the molecule is CCCC(/C=C1\SC(=S)NC1=O)=C\c1ccccc1OCC(=O)OC. The number of allylic oxidation sites excluding steroid dienone is 2. The Morgan fingerprint density at radius 1 is 1.36 bits per heavy atom. The van der Waals surface area contributed by atoms with Gasteiger partial charge in [0.2, 0.25) is 0 Å². The quantitative estimate of drug-likeness (QED) is 0.446. The van der Waals surface area contributed by atoms with E-state index in [0.717, 1.165) is 24.0 Å². The zero-order valence-electron chi connectivity index (χ0n) is 14.0. The first-order chi connectivity index (χ1) is 12.0. The lowest BCUT2D eigenvalue weighted by molar-refractivity contribution is -0.142. The number of amides is 1. The number of hydrogen-bond acceptors (Lipinski definition) is 6. The standard InChI is InChI=1S/C18H19NO4S2/c1-3-6-12(10-15-17(21)19-18(24)25-15)9-13-7-4-5-8-14(13)23-11-16(20)22-2/h4-5,7-10H,3,6,11H2,1-2H3,(H,19,21,24)/b12-9+,15-10-. The molecule has 7 heteroatoms. The van der Waals surface area contributed by atoms with Gasteiger partial charge < -0.3 is 14.8 Å². The van der Waals surface area contributed by atoms with E-state index >= 15 is 0 Å². The Kier molecular flexibility index (Phi) is 7.21. The Morgan fingerprint density at radius 3 is 2.76 bits per heavy atom. The molecule has 1 aliphatic rings. The van der Waals surface area contributed by atoms with E-state index in [-0.39, 0.29) is 12.5 Å². The fourth-order valence-corrected chi connectivity index (χ4v) is 3.25. The first-order valence-electron chi connectivity index (χ1n) is 7.77. The summed E-state index contributed by atoms with van der Waals surface area (Å²) in [6, 6.07) is 7.41. The van der Waals surface area contributed by atoms with Crippen molar-refractivity contribution < 1.29 is 19.1 Å². The number of thioether (sulfide) groups is 1. The van der Waals surface area contributed by atoms with Crippen LogP contribution in [-0.4, -0.2) is 29.9 Å². The van der Waals surface area contributed by atoms with Crippen LogP contribution in [0.2, 0.25) is 0 Å². The van der Waals surface area contributed by atoms with Crippen molar-refractivity contribution in [3.05, 3.63) is 46.4 Å². The largest absolute Gasteiger partial charge is 0.481 e. The first-order valence-corrected chi connectivity index (χ1v) is 9.00. The summed E-state index contributed by atoms with van der Waals surface area (Å²) in [5.74, 6) is -0.0339. The molecule has 0 bridgehead atoms. The van der Waals surface area contributed by atoms with Crippen molar-refractivity contribution in [1.82, 2.24) is 5.32 Å². The third kappa shape index (κ3) is 5.72. The molecular formula is C18H19NO4S2. The normalized spacial score (nSPS) is 16.1. The van der Waals surface area contributed by atoms with Crippen molar-refractivity contribution in [3.8, 4) is 5.75 Å². The number of ether oxygens (including phenoxy) is 2. The van der Waals surface area contributed by atoms with Crippen LogP contribution in [0.25, 0.3) is 6.08 Å². The summed E-state index contributed by atoms with van der Waals surface area (Å²) in [4.78, 5) is 23.7. The van der Waals surface area contributed by atoms with Crippen molar-refractivity contribution in [1.29, 1.82) is 0 Å². The smallest absolute Gasteiger partial charge is 0.343 e. The second-order valence-corrected chi connectivity index (χ2v) is 6.94. The van der Waals surface area contributed by atoms with E-state index in [0.29, 0.717) is 15.0 Å². The minimum Gasteiger partial charge on any atom is -0.481 e. The van der Waals surface area contributed by atoms with Crippen molar-refractivity contribution in [3.63, 3.8) is 0 Å². The van der Waals surface area contributed by atoms with Gasteiger partial charge in [0, 0.05) is 5.56 Å². The summed E-state index contributed by atoms with van der Waals surface area (Å²) in [7, 11) is 1.32. The maximum absolute atomic E-state index is 11.9. The molecule has 1 aliphatic heterocycles. The molecule has 1 saturated heterocycles. The van der Waals surface area contributed by atoms with E-state index in [1.165, 1.54) is 18.9 Å². The lowest BCUT2D eigenvalue weighted by Crippen LogP contribution is -2.17. The van der Waals surface area contributed by atoms with Gasteiger partial charge in [0.15, 0.2) is 6.61 Å². The molecule has 5 nitrogen and oxygen atoms in total. The van der Waals surface area contributed by atoms with E-state index in [9.17, 15) is 9.59 Å². The van der Waals surface area contributed by atoms with Crippen molar-refractivity contribution in [2.75, 3.05) is 13.7 Å². The van der Waals surface area contributed by atoms with E-state index < -0.39 is 5.97 Å². The van der Waals surface area contributed by atoms with Gasteiger partial charge in [-0.1, -0.05) is 55.5 Å². The van der Waals surface area contributed by atoms with Crippen LogP contribution in [0.15, 0.2) is 40.8 Å². The Morgan fingerprint density at radius 2 is 2.12 bits per heavy atom. The maximum Gasteiger partial charge on any atom is 0.343 e. The maximum atomic E-state index is 11.9. The minimum absolute atomic E-state index is 0.155. The van der Waals surface area contributed by atoms with Crippen LogP contribution in [0.4, 0.5) is 0 Å². The van der Waals surface area contributed by atoms with Crippen LogP contribution in [-0.2, 0) is 14.3 Å². The summed E-state index contributed by atoms with van der Waals surface area (Å²) < 4.78 is 10.6. The van der Waals surface area contributed by atoms with Gasteiger partial charge in [0.25, 0.3) is 5.91 Å². The third-order valence-corrected chi connectivity index (χ3v) is 4.49. The highest BCUT2D eigenvalue weighted by Gasteiger charge is 2.22. The molecular weight excluding hydrogens is 358 g/mol. The number of carbonyl (C=O) groups excluding carboxylic acids is 2. The van der Waals surface area contributed by atoms with Crippen LogP contribution < -0.4 is 10.1 Å². The molecule has 0 radical (unpaired) electrons. The predicted molar refractivity (Wildman–Crippen MR) is 103 cm³/mol. The van der Waals surface area contributed by atoms with Gasteiger partial charge >= 0.3 is 5.97 Å². The fraction of sp³-hybridized carbons (Fsp3) is 0.278. The van der Waals surface area contributed by atoms with Gasteiger partial charge in [-0.05, 0) is 30.2 Å². The zero-order chi connectivity index (χ0) is 18.2. The van der Waals surface area contributed by atoms with Crippen LogP contribution in [0.1, 0.15) is 25.3 Å². The van der Waals surface area contributed by atoms with Crippen molar-refractivity contribution in [2.24, 2.45) is 0 Å². The monoisotopic (exact) mass is 377 g/mol. The molecule has 1 heterocycles. The first kappa shape index (κ1) is 19.2. The van der Waals surface area contributed by atoms with Crippen LogP contribution in [0, 0.1) is 0 Å². The number of benzene rings is 1. The Bertz CT molecular complexity index is 740. The number of methoxy groups -OCH3 is 1. The fourth-order valence-electron chi connectivity index (χ4n) is 2.19.